The third kappa shape index (κ3) is 4.97. The van der Waals surface area contributed by atoms with E-state index in [0.717, 1.165) is 18.7 Å². The van der Waals surface area contributed by atoms with Gasteiger partial charge in [-0.2, -0.15) is 0 Å². The summed E-state index contributed by atoms with van der Waals surface area (Å²) in [5.74, 6) is 0.942. The minimum absolute atomic E-state index is 0.765. The zero-order valence-corrected chi connectivity index (χ0v) is 10.5. The lowest BCUT2D eigenvalue weighted by molar-refractivity contribution is 0.0366. The van der Waals surface area contributed by atoms with Gasteiger partial charge in [-0.05, 0) is 38.6 Å². The fourth-order valence-corrected chi connectivity index (χ4v) is 1.99. The van der Waals surface area contributed by atoms with E-state index in [9.17, 15) is 0 Å². The molecule has 0 unspecified atom stereocenters. The molecule has 86 valence electrons. The van der Waals surface area contributed by atoms with E-state index in [0.29, 0.717) is 0 Å². The maximum atomic E-state index is 5.11. The van der Waals surface area contributed by atoms with Crippen LogP contribution in [-0.4, -0.2) is 31.8 Å². The maximum absolute atomic E-state index is 5.11. The summed E-state index contributed by atoms with van der Waals surface area (Å²) in [7, 11) is 3.92. The molecule has 0 aromatic rings. The van der Waals surface area contributed by atoms with E-state index in [4.69, 9.17) is 4.74 Å². The number of nitrogens with zero attached hydrogens (tertiary/aromatic N) is 1. The van der Waals surface area contributed by atoms with Crippen LogP contribution in [0.1, 0.15) is 46.5 Å². The Morgan fingerprint density at radius 3 is 2.07 bits per heavy atom. The lowest BCUT2D eigenvalue weighted by Crippen LogP contribution is -2.35. The second-order valence-corrected chi connectivity index (χ2v) is 4.09. The summed E-state index contributed by atoms with van der Waals surface area (Å²) < 4.78 is 5.11. The van der Waals surface area contributed by atoms with Crippen molar-refractivity contribution in [3.8, 4) is 0 Å². The molecule has 14 heavy (non-hydrogen) atoms. The van der Waals surface area contributed by atoms with Crippen molar-refractivity contribution in [3.05, 3.63) is 0 Å². The molecule has 0 amide bonds. The molecular formula is C12H27NO. The Labute approximate surface area is 89.6 Å². The SMILES string of the molecule is CC.COCN(C)C1CCC(C)CC1. The van der Waals surface area contributed by atoms with Crippen molar-refractivity contribution in [1.82, 2.24) is 4.90 Å². The molecule has 2 nitrogen and oxygen atoms in total. The van der Waals surface area contributed by atoms with Crippen LogP contribution in [0.3, 0.4) is 0 Å². The van der Waals surface area contributed by atoms with Crippen LogP contribution in [0.4, 0.5) is 0 Å². The lowest BCUT2D eigenvalue weighted by Gasteiger charge is -2.32. The van der Waals surface area contributed by atoms with Crippen LogP contribution in [0, 0.1) is 5.92 Å². The molecule has 2 heteroatoms. The van der Waals surface area contributed by atoms with Crippen LogP contribution in [0.5, 0.6) is 0 Å². The van der Waals surface area contributed by atoms with E-state index in [1.165, 1.54) is 25.7 Å². The van der Waals surface area contributed by atoms with E-state index in [1.54, 1.807) is 7.11 Å². The van der Waals surface area contributed by atoms with Gasteiger partial charge in [0.05, 0.1) is 6.73 Å². The molecule has 0 radical (unpaired) electrons. The Morgan fingerprint density at radius 1 is 1.14 bits per heavy atom. The second-order valence-electron chi connectivity index (χ2n) is 4.09. The Balaban J connectivity index is 0.000000791. The summed E-state index contributed by atoms with van der Waals surface area (Å²) >= 11 is 0. The van der Waals surface area contributed by atoms with Crippen LogP contribution < -0.4 is 0 Å². The topological polar surface area (TPSA) is 12.5 Å². The van der Waals surface area contributed by atoms with Gasteiger partial charge in [0.1, 0.15) is 0 Å². The Morgan fingerprint density at radius 2 is 1.64 bits per heavy atom. The molecular weight excluding hydrogens is 174 g/mol. The Hall–Kier alpha value is -0.0800. The number of hydrogen-bond acceptors (Lipinski definition) is 2. The zero-order chi connectivity index (χ0) is 11.0. The van der Waals surface area contributed by atoms with Crippen molar-refractivity contribution < 1.29 is 4.74 Å². The van der Waals surface area contributed by atoms with Crippen LogP contribution in [0.2, 0.25) is 0 Å². The van der Waals surface area contributed by atoms with Crippen molar-refractivity contribution >= 4 is 0 Å². The molecule has 0 N–H and O–H groups in total. The van der Waals surface area contributed by atoms with E-state index in [-0.39, 0.29) is 0 Å². The third-order valence-electron chi connectivity index (χ3n) is 2.94. The summed E-state index contributed by atoms with van der Waals surface area (Å²) in [6.07, 6.45) is 5.47. The highest BCUT2D eigenvalue weighted by molar-refractivity contribution is 4.75. The highest BCUT2D eigenvalue weighted by Gasteiger charge is 2.20. The van der Waals surface area contributed by atoms with Crippen molar-refractivity contribution in [2.24, 2.45) is 5.92 Å². The van der Waals surface area contributed by atoms with Gasteiger partial charge in [-0.25, -0.2) is 0 Å². The molecule has 1 aliphatic carbocycles. The molecule has 1 fully saturated rings. The van der Waals surface area contributed by atoms with Crippen LogP contribution in [0.25, 0.3) is 0 Å². The van der Waals surface area contributed by atoms with Gasteiger partial charge in [-0.3, -0.25) is 4.90 Å². The van der Waals surface area contributed by atoms with Crippen molar-refractivity contribution in [3.63, 3.8) is 0 Å². The number of methoxy groups -OCH3 is 1. The first kappa shape index (κ1) is 13.9. The minimum atomic E-state index is 0.765. The van der Waals surface area contributed by atoms with E-state index < -0.39 is 0 Å². The molecule has 0 saturated heterocycles. The van der Waals surface area contributed by atoms with Gasteiger partial charge >= 0.3 is 0 Å². The van der Waals surface area contributed by atoms with E-state index in [1.807, 2.05) is 13.8 Å². The first-order valence-corrected chi connectivity index (χ1v) is 5.93. The molecule has 0 heterocycles. The van der Waals surface area contributed by atoms with Crippen molar-refractivity contribution in [1.29, 1.82) is 0 Å². The monoisotopic (exact) mass is 201 g/mol. The quantitative estimate of drug-likeness (QED) is 0.650. The molecule has 0 bridgehead atoms. The summed E-state index contributed by atoms with van der Waals surface area (Å²) in [4.78, 5) is 2.33. The smallest absolute Gasteiger partial charge is 0.0986 e. The number of hydrogen-bond donors (Lipinski definition) is 0. The molecule has 0 aromatic heterocycles. The summed E-state index contributed by atoms with van der Waals surface area (Å²) in [5.41, 5.74) is 0. The standard InChI is InChI=1S/C10H21NO.C2H6/c1-9-4-6-10(7-5-9)11(2)8-12-3;1-2/h9-10H,4-8H2,1-3H3;1-2H3. The molecule has 1 rings (SSSR count). The molecule has 1 saturated carbocycles. The van der Waals surface area contributed by atoms with Gasteiger partial charge in [-0.15, -0.1) is 0 Å². The van der Waals surface area contributed by atoms with Gasteiger partial charge in [0.2, 0.25) is 0 Å². The highest BCUT2D eigenvalue weighted by Crippen LogP contribution is 2.26. The second kappa shape index (κ2) is 8.25. The number of ether oxygens (including phenoxy) is 1. The fraction of sp³-hybridized carbons (Fsp3) is 1.00. The normalized spacial score (nSPS) is 27.0. The van der Waals surface area contributed by atoms with Gasteiger partial charge in [0, 0.05) is 13.2 Å². The molecule has 0 spiro atoms. The number of rotatable bonds is 3. The Kier molecular flexibility index (Phi) is 8.20. The third-order valence-corrected chi connectivity index (χ3v) is 2.94. The van der Waals surface area contributed by atoms with Gasteiger partial charge in [-0.1, -0.05) is 20.8 Å². The summed E-state index contributed by atoms with van der Waals surface area (Å²) in [5, 5.41) is 0. The largest absolute Gasteiger partial charge is 0.369 e. The first-order valence-electron chi connectivity index (χ1n) is 5.93. The van der Waals surface area contributed by atoms with Crippen LogP contribution in [-0.2, 0) is 4.74 Å². The van der Waals surface area contributed by atoms with Gasteiger partial charge in [0.25, 0.3) is 0 Å². The highest BCUT2D eigenvalue weighted by atomic mass is 16.5. The van der Waals surface area contributed by atoms with Gasteiger partial charge in [0.15, 0.2) is 0 Å². The van der Waals surface area contributed by atoms with Crippen molar-refractivity contribution in [2.45, 2.75) is 52.5 Å². The summed E-state index contributed by atoms with van der Waals surface area (Å²) in [6, 6.07) is 0.765. The Bertz CT molecular complexity index is 119. The molecule has 1 aliphatic rings. The lowest BCUT2D eigenvalue weighted by atomic mass is 9.87. The van der Waals surface area contributed by atoms with Crippen LogP contribution in [0.15, 0.2) is 0 Å². The molecule has 0 aromatic carbocycles. The van der Waals surface area contributed by atoms with Gasteiger partial charge < -0.3 is 4.74 Å². The molecule has 0 atom stereocenters. The minimum Gasteiger partial charge on any atom is -0.369 e. The average Bonchev–Trinajstić information content (AvgIpc) is 2.22. The van der Waals surface area contributed by atoms with E-state index in [2.05, 4.69) is 18.9 Å². The molecule has 0 aliphatic heterocycles. The van der Waals surface area contributed by atoms with E-state index >= 15 is 0 Å². The van der Waals surface area contributed by atoms with Crippen LogP contribution >= 0.6 is 0 Å². The predicted octanol–water partition coefficient (Wildman–Crippen LogP) is 3.13. The maximum Gasteiger partial charge on any atom is 0.0986 e. The fourth-order valence-electron chi connectivity index (χ4n) is 1.99. The predicted molar refractivity (Wildman–Crippen MR) is 62.4 cm³/mol. The first-order chi connectivity index (χ1) is 6.74. The zero-order valence-electron chi connectivity index (χ0n) is 10.5. The average molecular weight is 201 g/mol. The summed E-state index contributed by atoms with van der Waals surface area (Å²) in [6.45, 7) is 7.13. The van der Waals surface area contributed by atoms with Crippen molar-refractivity contribution in [2.75, 3.05) is 20.9 Å².